The number of carbonyl (C=O) groups excluding carboxylic acids is 1. The van der Waals surface area contributed by atoms with Crippen LogP contribution in [-0.2, 0) is 24.2 Å². The van der Waals surface area contributed by atoms with Crippen molar-refractivity contribution in [2.75, 3.05) is 13.1 Å². The van der Waals surface area contributed by atoms with E-state index in [-0.39, 0.29) is 0 Å². The predicted molar refractivity (Wildman–Crippen MR) is 103 cm³/mol. The molecule has 0 spiro atoms. The highest BCUT2D eigenvalue weighted by atomic mass is 32.1. The number of thiophene rings is 1. The average Bonchev–Trinajstić information content (AvgIpc) is 3.27. The molecular weight excluding hydrogens is 344 g/mol. The van der Waals surface area contributed by atoms with E-state index in [1.54, 1.807) is 11.3 Å². The number of aryl methyl sites for hydroxylation is 2. The molecule has 2 aliphatic rings. The van der Waals surface area contributed by atoms with Crippen molar-refractivity contribution in [1.29, 1.82) is 0 Å². The summed E-state index contributed by atoms with van der Waals surface area (Å²) in [6.07, 6.45) is 9.57. The van der Waals surface area contributed by atoms with Crippen molar-refractivity contribution < 1.29 is 4.79 Å². The van der Waals surface area contributed by atoms with Crippen LogP contribution in [0, 0.1) is 0 Å². The molecule has 2 aromatic heterocycles. The highest BCUT2D eigenvalue weighted by molar-refractivity contribution is 7.09. The Kier molecular flexibility index (Phi) is 5.68. The predicted octanol–water partition coefficient (Wildman–Crippen LogP) is 3.79. The van der Waals surface area contributed by atoms with E-state index in [0.29, 0.717) is 18.2 Å². The number of aromatic nitrogens is 3. The second kappa shape index (κ2) is 8.33. The Morgan fingerprint density at radius 3 is 3.04 bits per heavy atom. The summed E-state index contributed by atoms with van der Waals surface area (Å²) >= 11 is 1.78. The van der Waals surface area contributed by atoms with Crippen LogP contribution < -0.4 is 0 Å². The normalized spacial score (nSPS) is 20.6. The molecule has 5 nitrogen and oxygen atoms in total. The molecule has 1 saturated heterocycles. The van der Waals surface area contributed by atoms with Gasteiger partial charge in [0, 0.05) is 43.3 Å². The lowest BCUT2D eigenvalue weighted by molar-refractivity contribution is -0.132. The van der Waals surface area contributed by atoms with E-state index in [2.05, 4.69) is 37.2 Å². The van der Waals surface area contributed by atoms with Gasteiger partial charge < -0.3 is 9.47 Å². The molecule has 1 amide bonds. The van der Waals surface area contributed by atoms with E-state index in [1.807, 2.05) is 0 Å². The minimum absolute atomic E-state index is 0.307. The lowest BCUT2D eigenvalue weighted by Gasteiger charge is -2.32. The molecule has 26 heavy (non-hydrogen) atoms. The number of likely N-dealkylation sites (tertiary alicyclic amines) is 1. The van der Waals surface area contributed by atoms with Gasteiger partial charge in [-0.1, -0.05) is 12.5 Å². The van der Waals surface area contributed by atoms with Crippen molar-refractivity contribution >= 4 is 17.2 Å². The zero-order chi connectivity index (χ0) is 17.8. The van der Waals surface area contributed by atoms with Crippen molar-refractivity contribution in [3.05, 3.63) is 34.0 Å². The lowest BCUT2D eigenvalue weighted by atomic mass is 9.96. The monoisotopic (exact) mass is 372 g/mol. The summed E-state index contributed by atoms with van der Waals surface area (Å²) in [5.74, 6) is 2.93. The van der Waals surface area contributed by atoms with Gasteiger partial charge in [-0.25, -0.2) is 0 Å². The van der Waals surface area contributed by atoms with Crippen molar-refractivity contribution in [3.63, 3.8) is 0 Å². The molecule has 140 valence electrons. The number of hydrogen-bond acceptors (Lipinski definition) is 4. The Balaban J connectivity index is 1.35. The number of hydrogen-bond donors (Lipinski definition) is 0. The molecule has 4 heterocycles. The van der Waals surface area contributed by atoms with Crippen LogP contribution in [0.5, 0.6) is 0 Å². The molecule has 2 aliphatic heterocycles. The first kappa shape index (κ1) is 17.7. The van der Waals surface area contributed by atoms with E-state index < -0.39 is 0 Å². The standard InChI is InChI=1S/C20H28N4OS/c25-19(11-4-8-17-9-6-14-26-17)23-12-5-7-16(15-23)20-22-21-18-10-2-1-3-13-24(18)20/h6,9,14,16H,1-5,7-8,10-13,15H2. The first-order chi connectivity index (χ1) is 12.8. The molecule has 1 atom stereocenters. The fourth-order valence-corrected chi connectivity index (χ4v) is 5.00. The third-order valence-electron chi connectivity index (χ3n) is 5.67. The van der Waals surface area contributed by atoms with Crippen LogP contribution in [0.15, 0.2) is 17.5 Å². The minimum atomic E-state index is 0.307. The van der Waals surface area contributed by atoms with Crippen LogP contribution in [0.3, 0.4) is 0 Å². The maximum atomic E-state index is 12.7. The lowest BCUT2D eigenvalue weighted by Crippen LogP contribution is -2.39. The Morgan fingerprint density at radius 1 is 1.19 bits per heavy atom. The van der Waals surface area contributed by atoms with E-state index in [0.717, 1.165) is 63.4 Å². The highest BCUT2D eigenvalue weighted by Crippen LogP contribution is 2.28. The van der Waals surface area contributed by atoms with Gasteiger partial charge in [-0.2, -0.15) is 0 Å². The largest absolute Gasteiger partial charge is 0.342 e. The van der Waals surface area contributed by atoms with E-state index in [4.69, 9.17) is 0 Å². The Hall–Kier alpha value is -1.69. The van der Waals surface area contributed by atoms with E-state index >= 15 is 0 Å². The van der Waals surface area contributed by atoms with Gasteiger partial charge in [0.05, 0.1) is 0 Å². The molecule has 0 saturated carbocycles. The molecule has 0 bridgehead atoms. The fourth-order valence-electron chi connectivity index (χ4n) is 4.25. The van der Waals surface area contributed by atoms with Crippen LogP contribution in [0.2, 0.25) is 0 Å². The molecule has 0 aliphatic carbocycles. The quantitative estimate of drug-likeness (QED) is 0.802. The summed E-state index contributed by atoms with van der Waals surface area (Å²) in [6.45, 7) is 2.76. The summed E-state index contributed by atoms with van der Waals surface area (Å²) in [4.78, 5) is 16.1. The van der Waals surface area contributed by atoms with Gasteiger partial charge in [0.2, 0.25) is 5.91 Å². The first-order valence-corrected chi connectivity index (χ1v) is 10.9. The van der Waals surface area contributed by atoms with Gasteiger partial charge in [0.1, 0.15) is 11.6 Å². The number of carbonyl (C=O) groups is 1. The summed E-state index contributed by atoms with van der Waals surface area (Å²) < 4.78 is 2.35. The van der Waals surface area contributed by atoms with Gasteiger partial charge in [0.15, 0.2) is 0 Å². The van der Waals surface area contributed by atoms with Gasteiger partial charge in [0.25, 0.3) is 0 Å². The molecule has 2 aromatic rings. The van der Waals surface area contributed by atoms with Crippen molar-refractivity contribution in [2.45, 2.75) is 70.3 Å². The Bertz CT molecular complexity index is 724. The number of piperidine rings is 1. The van der Waals surface area contributed by atoms with Gasteiger partial charge >= 0.3 is 0 Å². The third kappa shape index (κ3) is 4.00. The van der Waals surface area contributed by atoms with Crippen molar-refractivity contribution in [1.82, 2.24) is 19.7 Å². The molecule has 0 aromatic carbocycles. The second-order valence-corrected chi connectivity index (χ2v) is 8.58. The van der Waals surface area contributed by atoms with Gasteiger partial charge in [-0.15, -0.1) is 21.5 Å². The zero-order valence-corrected chi connectivity index (χ0v) is 16.2. The Morgan fingerprint density at radius 2 is 2.15 bits per heavy atom. The van der Waals surface area contributed by atoms with E-state index in [1.165, 1.54) is 24.1 Å². The van der Waals surface area contributed by atoms with Crippen LogP contribution in [0.4, 0.5) is 0 Å². The topological polar surface area (TPSA) is 51.0 Å². The molecular formula is C20H28N4OS. The molecule has 0 radical (unpaired) electrons. The molecule has 1 fully saturated rings. The maximum absolute atomic E-state index is 12.7. The first-order valence-electron chi connectivity index (χ1n) is 10.0. The zero-order valence-electron chi connectivity index (χ0n) is 15.4. The minimum Gasteiger partial charge on any atom is -0.342 e. The maximum Gasteiger partial charge on any atom is 0.222 e. The molecule has 0 N–H and O–H groups in total. The van der Waals surface area contributed by atoms with Gasteiger partial charge in [-0.05, 0) is 50.0 Å². The summed E-state index contributed by atoms with van der Waals surface area (Å²) in [6, 6.07) is 4.24. The molecule has 6 heteroatoms. The van der Waals surface area contributed by atoms with Crippen molar-refractivity contribution in [3.8, 4) is 0 Å². The summed E-state index contributed by atoms with van der Waals surface area (Å²) in [5.41, 5.74) is 0. The molecule has 4 rings (SSSR count). The molecule has 1 unspecified atom stereocenters. The van der Waals surface area contributed by atoms with E-state index in [9.17, 15) is 4.79 Å². The summed E-state index contributed by atoms with van der Waals surface area (Å²) in [7, 11) is 0. The highest BCUT2D eigenvalue weighted by Gasteiger charge is 2.29. The smallest absolute Gasteiger partial charge is 0.222 e. The number of fused-ring (bicyclic) bond motifs is 1. The van der Waals surface area contributed by atoms with Crippen molar-refractivity contribution in [2.24, 2.45) is 0 Å². The SMILES string of the molecule is O=C(CCCc1cccs1)N1CCCC(c2nnc3n2CCCCC3)C1. The Labute approximate surface area is 159 Å². The van der Waals surface area contributed by atoms with Crippen LogP contribution in [0.25, 0.3) is 0 Å². The fraction of sp³-hybridized carbons (Fsp3) is 0.650. The average molecular weight is 373 g/mol. The number of nitrogens with zero attached hydrogens (tertiary/aromatic N) is 4. The second-order valence-electron chi connectivity index (χ2n) is 7.55. The van der Waals surface area contributed by atoms with Crippen LogP contribution >= 0.6 is 11.3 Å². The number of amides is 1. The number of rotatable bonds is 5. The van der Waals surface area contributed by atoms with Crippen LogP contribution in [0.1, 0.15) is 67.4 Å². The van der Waals surface area contributed by atoms with Gasteiger partial charge in [-0.3, -0.25) is 4.79 Å². The third-order valence-corrected chi connectivity index (χ3v) is 6.61. The van der Waals surface area contributed by atoms with Crippen LogP contribution in [-0.4, -0.2) is 38.7 Å². The summed E-state index contributed by atoms with van der Waals surface area (Å²) in [5, 5.41) is 11.1.